The smallest absolute Gasteiger partial charge is 0.0650 e. The topological polar surface area (TPSA) is 38.0 Å². The van der Waals surface area contributed by atoms with Gasteiger partial charge in [0.2, 0.25) is 0 Å². The molecule has 0 aromatic carbocycles. The molecule has 0 aliphatic heterocycles. The van der Waals surface area contributed by atoms with Crippen LogP contribution in [0.1, 0.15) is 57.7 Å². The first-order chi connectivity index (χ1) is 9.21. The summed E-state index contributed by atoms with van der Waals surface area (Å²) in [6.07, 6.45) is 8.78. The summed E-state index contributed by atoms with van der Waals surface area (Å²) in [5, 5.41) is 15.0. The number of hydrogen-bond acceptors (Lipinski definition) is 2. The molecule has 0 radical (unpaired) electrons. The van der Waals surface area contributed by atoms with Gasteiger partial charge in [0.05, 0.1) is 17.8 Å². The van der Waals surface area contributed by atoms with Gasteiger partial charge in [-0.15, -0.1) is 0 Å². The van der Waals surface area contributed by atoms with E-state index in [9.17, 15) is 5.11 Å². The lowest BCUT2D eigenvalue weighted by Gasteiger charge is -2.18. The van der Waals surface area contributed by atoms with Crippen LogP contribution < -0.4 is 0 Å². The van der Waals surface area contributed by atoms with Crippen LogP contribution in [0.5, 0.6) is 0 Å². The molecule has 0 bridgehead atoms. The normalized spacial score (nSPS) is 30.6. The van der Waals surface area contributed by atoms with E-state index in [4.69, 9.17) is 0 Å². The second-order valence-electron chi connectivity index (χ2n) is 6.52. The minimum Gasteiger partial charge on any atom is -0.392 e. The third-order valence-corrected chi connectivity index (χ3v) is 5.22. The van der Waals surface area contributed by atoms with Crippen molar-refractivity contribution < 1.29 is 5.11 Å². The highest BCUT2D eigenvalue weighted by molar-refractivity contribution is 5.04. The number of aliphatic hydroxyl groups is 1. The number of nitrogens with zero attached hydrogens (tertiary/aromatic N) is 2. The molecule has 3 unspecified atom stereocenters. The zero-order valence-corrected chi connectivity index (χ0v) is 12.1. The van der Waals surface area contributed by atoms with Gasteiger partial charge in [-0.3, -0.25) is 4.68 Å². The maximum absolute atomic E-state index is 10.4. The second kappa shape index (κ2) is 5.28. The molecule has 2 saturated carbocycles. The summed E-state index contributed by atoms with van der Waals surface area (Å²) < 4.78 is 2.08. The average molecular weight is 262 g/mol. The maximum atomic E-state index is 10.4. The molecule has 2 aliphatic carbocycles. The summed E-state index contributed by atoms with van der Waals surface area (Å²) in [7, 11) is 0. The zero-order valence-electron chi connectivity index (χ0n) is 12.1. The Morgan fingerprint density at radius 2 is 1.95 bits per heavy atom. The molecule has 106 valence electrons. The molecule has 2 fully saturated rings. The fourth-order valence-corrected chi connectivity index (χ4v) is 3.81. The molecule has 19 heavy (non-hydrogen) atoms. The summed E-state index contributed by atoms with van der Waals surface area (Å²) in [6, 6.07) is 2.59. The third kappa shape index (κ3) is 2.71. The highest BCUT2D eigenvalue weighted by Crippen LogP contribution is 2.55. The summed E-state index contributed by atoms with van der Waals surface area (Å²) in [6.45, 7) is 4.41. The van der Waals surface area contributed by atoms with Crippen molar-refractivity contribution in [2.45, 2.75) is 64.5 Å². The summed E-state index contributed by atoms with van der Waals surface area (Å²) in [5.74, 6) is 2.42. The van der Waals surface area contributed by atoms with E-state index in [0.717, 1.165) is 36.8 Å². The van der Waals surface area contributed by atoms with Crippen molar-refractivity contribution in [3.8, 4) is 0 Å². The van der Waals surface area contributed by atoms with Gasteiger partial charge in [0, 0.05) is 12.6 Å². The fraction of sp³-hybridized carbons (Fsp3) is 0.812. The molecule has 2 aliphatic rings. The molecule has 0 saturated heterocycles. The van der Waals surface area contributed by atoms with Gasteiger partial charge >= 0.3 is 0 Å². The van der Waals surface area contributed by atoms with Crippen molar-refractivity contribution in [1.29, 1.82) is 0 Å². The van der Waals surface area contributed by atoms with Gasteiger partial charge in [0.1, 0.15) is 0 Å². The van der Waals surface area contributed by atoms with Crippen LogP contribution in [0.2, 0.25) is 0 Å². The lowest BCUT2D eigenvalue weighted by Crippen LogP contribution is -2.22. The first-order valence-corrected chi connectivity index (χ1v) is 7.93. The average Bonchev–Trinajstić information content (AvgIpc) is 2.83. The van der Waals surface area contributed by atoms with Crippen molar-refractivity contribution in [2.75, 3.05) is 0 Å². The molecule has 3 heteroatoms. The van der Waals surface area contributed by atoms with Crippen LogP contribution in [0.25, 0.3) is 0 Å². The molecule has 3 atom stereocenters. The predicted octanol–water partition coefficient (Wildman–Crippen LogP) is 3.19. The van der Waals surface area contributed by atoms with Crippen LogP contribution in [-0.4, -0.2) is 21.0 Å². The van der Waals surface area contributed by atoms with Crippen LogP contribution in [0, 0.1) is 17.8 Å². The Balaban J connectivity index is 1.57. The zero-order chi connectivity index (χ0) is 13.4. The molecule has 1 aromatic rings. The molecular weight excluding hydrogens is 236 g/mol. The van der Waals surface area contributed by atoms with E-state index >= 15 is 0 Å². The summed E-state index contributed by atoms with van der Waals surface area (Å²) in [4.78, 5) is 0. The SMILES string of the molecule is CCC(CC)n1ccc(CC(O)C2CC3CC3C2)n1. The first-order valence-electron chi connectivity index (χ1n) is 7.93. The monoisotopic (exact) mass is 262 g/mol. The lowest BCUT2D eigenvalue weighted by molar-refractivity contribution is 0.103. The molecule has 3 nitrogen and oxygen atoms in total. The molecule has 0 spiro atoms. The molecule has 0 amide bonds. The summed E-state index contributed by atoms with van der Waals surface area (Å²) >= 11 is 0. The Hall–Kier alpha value is -0.830. The molecular formula is C16H26N2O. The van der Waals surface area contributed by atoms with Gasteiger partial charge in [-0.05, 0) is 55.9 Å². The molecule has 1 aromatic heterocycles. The Bertz CT molecular complexity index is 414. The van der Waals surface area contributed by atoms with E-state index in [2.05, 4.69) is 35.9 Å². The predicted molar refractivity (Wildman–Crippen MR) is 75.9 cm³/mol. The largest absolute Gasteiger partial charge is 0.392 e. The Morgan fingerprint density at radius 1 is 1.26 bits per heavy atom. The lowest BCUT2D eigenvalue weighted by atomic mass is 9.94. The standard InChI is InChI=1S/C16H26N2O/c1-3-15(4-2)18-6-5-14(17-18)10-16(19)13-8-11-7-12(11)9-13/h5-6,11-13,15-16,19H,3-4,7-10H2,1-2H3. The molecule has 1 N–H and O–H groups in total. The van der Waals surface area contributed by atoms with Crippen molar-refractivity contribution >= 4 is 0 Å². The summed E-state index contributed by atoms with van der Waals surface area (Å²) in [5.41, 5.74) is 1.06. The van der Waals surface area contributed by atoms with E-state index in [1.165, 1.54) is 19.3 Å². The molecule has 3 rings (SSSR count). The van der Waals surface area contributed by atoms with Crippen LogP contribution in [-0.2, 0) is 6.42 Å². The van der Waals surface area contributed by atoms with E-state index in [-0.39, 0.29) is 6.10 Å². The van der Waals surface area contributed by atoms with Crippen LogP contribution in [0.3, 0.4) is 0 Å². The van der Waals surface area contributed by atoms with Crippen molar-refractivity contribution in [1.82, 2.24) is 9.78 Å². The Morgan fingerprint density at radius 3 is 2.58 bits per heavy atom. The Kier molecular flexibility index (Phi) is 3.66. The van der Waals surface area contributed by atoms with Crippen molar-refractivity contribution in [3.05, 3.63) is 18.0 Å². The van der Waals surface area contributed by atoms with E-state index in [0.29, 0.717) is 12.0 Å². The first kappa shape index (κ1) is 13.2. The van der Waals surface area contributed by atoms with Crippen LogP contribution in [0.4, 0.5) is 0 Å². The molecule has 1 heterocycles. The number of hydrogen-bond donors (Lipinski definition) is 1. The van der Waals surface area contributed by atoms with E-state index in [1.807, 2.05) is 0 Å². The van der Waals surface area contributed by atoms with Crippen molar-refractivity contribution in [3.63, 3.8) is 0 Å². The number of rotatable bonds is 6. The Labute approximate surface area is 116 Å². The second-order valence-corrected chi connectivity index (χ2v) is 6.52. The highest BCUT2D eigenvalue weighted by Gasteiger charge is 2.47. The number of aromatic nitrogens is 2. The number of fused-ring (bicyclic) bond motifs is 1. The van der Waals surface area contributed by atoms with Gasteiger partial charge in [0.15, 0.2) is 0 Å². The van der Waals surface area contributed by atoms with Gasteiger partial charge in [-0.25, -0.2) is 0 Å². The van der Waals surface area contributed by atoms with E-state index < -0.39 is 0 Å². The minimum absolute atomic E-state index is 0.183. The van der Waals surface area contributed by atoms with Gasteiger partial charge in [-0.1, -0.05) is 13.8 Å². The highest BCUT2D eigenvalue weighted by atomic mass is 16.3. The van der Waals surface area contributed by atoms with Crippen molar-refractivity contribution in [2.24, 2.45) is 17.8 Å². The van der Waals surface area contributed by atoms with Gasteiger partial charge < -0.3 is 5.11 Å². The van der Waals surface area contributed by atoms with Gasteiger partial charge in [0.25, 0.3) is 0 Å². The quantitative estimate of drug-likeness (QED) is 0.855. The maximum Gasteiger partial charge on any atom is 0.0650 e. The fourth-order valence-electron chi connectivity index (χ4n) is 3.81. The van der Waals surface area contributed by atoms with Crippen LogP contribution in [0.15, 0.2) is 12.3 Å². The minimum atomic E-state index is -0.183. The van der Waals surface area contributed by atoms with E-state index in [1.54, 1.807) is 0 Å². The van der Waals surface area contributed by atoms with Gasteiger partial charge in [-0.2, -0.15) is 5.10 Å². The van der Waals surface area contributed by atoms with Crippen LogP contribution >= 0.6 is 0 Å². The third-order valence-electron chi connectivity index (χ3n) is 5.22. The number of aliphatic hydroxyl groups excluding tert-OH is 1.